The zero-order valence-electron chi connectivity index (χ0n) is 5.74. The Morgan fingerprint density at radius 2 is 2.00 bits per heavy atom. The maximum absolute atomic E-state index is 5.83. The van der Waals surface area contributed by atoms with E-state index in [1.807, 2.05) is 19.9 Å². The molecule has 0 fully saturated rings. The van der Waals surface area contributed by atoms with Crippen molar-refractivity contribution in [3.8, 4) is 0 Å². The Morgan fingerprint density at radius 1 is 1.50 bits per heavy atom. The molecule has 0 N–H and O–H groups in total. The van der Waals surface area contributed by atoms with E-state index in [2.05, 4.69) is 13.0 Å². The molecule has 0 saturated carbocycles. The number of rotatable bonds is 2. The lowest BCUT2D eigenvalue weighted by molar-refractivity contribution is 0.875. The van der Waals surface area contributed by atoms with Crippen LogP contribution in [0.3, 0.4) is 0 Å². The lowest BCUT2D eigenvalue weighted by Crippen LogP contribution is -2.03. The van der Waals surface area contributed by atoms with Crippen LogP contribution in [0.4, 0.5) is 0 Å². The summed E-state index contributed by atoms with van der Waals surface area (Å²) in [5.74, 6) is 0. The highest BCUT2D eigenvalue weighted by Crippen LogP contribution is 2.13. The fraction of sp³-hybridized carbons (Fsp3) is 0.714. The molecule has 0 radical (unpaired) electrons. The van der Waals surface area contributed by atoms with Crippen molar-refractivity contribution in [3.63, 3.8) is 0 Å². The summed E-state index contributed by atoms with van der Waals surface area (Å²) in [7, 11) is 0. The molecule has 0 aliphatic carbocycles. The summed E-state index contributed by atoms with van der Waals surface area (Å²) in [6.07, 6.45) is 5.15. The molecule has 0 unspecified atom stereocenters. The Labute approximate surface area is 56.5 Å². The first-order chi connectivity index (χ1) is 3.56. The van der Waals surface area contributed by atoms with Crippen molar-refractivity contribution in [1.82, 2.24) is 0 Å². The molecule has 1 heteroatoms. The first-order valence-electron chi connectivity index (χ1n) is 2.93. The summed E-state index contributed by atoms with van der Waals surface area (Å²) in [5.41, 5.74) is 0. The Bertz CT molecular complexity index is 76.9. The molecule has 0 atom stereocenters. The third kappa shape index (κ3) is 6.03. The molecule has 0 amide bonds. The van der Waals surface area contributed by atoms with Gasteiger partial charge in [-0.15, -0.1) is 11.6 Å². The van der Waals surface area contributed by atoms with Gasteiger partial charge >= 0.3 is 0 Å². The molecule has 0 aromatic carbocycles. The van der Waals surface area contributed by atoms with Gasteiger partial charge in [0.1, 0.15) is 0 Å². The second-order valence-electron chi connectivity index (χ2n) is 2.38. The summed E-state index contributed by atoms with van der Waals surface area (Å²) in [4.78, 5) is -0.157. The molecule has 0 aliphatic heterocycles. The zero-order valence-corrected chi connectivity index (χ0v) is 6.50. The lowest BCUT2D eigenvalue weighted by Gasteiger charge is -2.06. The van der Waals surface area contributed by atoms with E-state index in [4.69, 9.17) is 11.6 Å². The van der Waals surface area contributed by atoms with E-state index in [1.54, 1.807) is 0 Å². The molecule has 0 spiro atoms. The lowest BCUT2D eigenvalue weighted by atomic mass is 10.2. The molecule has 0 aromatic heterocycles. The topological polar surface area (TPSA) is 0 Å². The van der Waals surface area contributed by atoms with Crippen LogP contribution in [-0.2, 0) is 0 Å². The number of hydrogen-bond donors (Lipinski definition) is 0. The van der Waals surface area contributed by atoms with Crippen LogP contribution in [0.25, 0.3) is 0 Å². The van der Waals surface area contributed by atoms with Crippen LogP contribution in [-0.4, -0.2) is 4.87 Å². The number of allylic oxidation sites excluding steroid dienone is 2. The van der Waals surface area contributed by atoms with Crippen LogP contribution in [0, 0.1) is 0 Å². The van der Waals surface area contributed by atoms with Gasteiger partial charge in [-0.1, -0.05) is 19.1 Å². The van der Waals surface area contributed by atoms with Gasteiger partial charge in [0.2, 0.25) is 0 Å². The number of hydrogen-bond acceptors (Lipinski definition) is 0. The molecule has 0 nitrogen and oxygen atoms in total. The minimum Gasteiger partial charge on any atom is -0.115 e. The smallest absolute Gasteiger partial charge is 0.0569 e. The van der Waals surface area contributed by atoms with E-state index >= 15 is 0 Å². The first-order valence-corrected chi connectivity index (χ1v) is 3.30. The summed E-state index contributed by atoms with van der Waals surface area (Å²) in [5, 5.41) is 0. The highest BCUT2D eigenvalue weighted by molar-refractivity contribution is 6.24. The largest absolute Gasteiger partial charge is 0.115 e. The average molecular weight is 133 g/mol. The Morgan fingerprint density at radius 3 is 2.12 bits per heavy atom. The highest BCUT2D eigenvalue weighted by atomic mass is 35.5. The first kappa shape index (κ1) is 8.03. The monoisotopic (exact) mass is 132 g/mol. The molecular formula is C7H13Cl. The van der Waals surface area contributed by atoms with Gasteiger partial charge in [-0.3, -0.25) is 0 Å². The highest BCUT2D eigenvalue weighted by Gasteiger charge is 2.04. The van der Waals surface area contributed by atoms with Gasteiger partial charge in [-0.2, -0.15) is 0 Å². The summed E-state index contributed by atoms with van der Waals surface area (Å²) < 4.78 is 0. The Hall–Kier alpha value is 0.0300. The van der Waals surface area contributed by atoms with Crippen molar-refractivity contribution in [3.05, 3.63) is 12.2 Å². The summed E-state index contributed by atoms with van der Waals surface area (Å²) >= 11 is 5.83. The average Bonchev–Trinajstić information content (AvgIpc) is 1.59. The third-order valence-corrected chi connectivity index (χ3v) is 0.876. The molecular weight excluding hydrogens is 120 g/mol. The molecule has 0 rings (SSSR count). The van der Waals surface area contributed by atoms with Crippen LogP contribution in [0.5, 0.6) is 0 Å². The maximum Gasteiger partial charge on any atom is 0.0569 e. The quantitative estimate of drug-likeness (QED) is 0.400. The van der Waals surface area contributed by atoms with Crippen molar-refractivity contribution in [2.24, 2.45) is 0 Å². The van der Waals surface area contributed by atoms with Gasteiger partial charge in [-0.25, -0.2) is 0 Å². The number of halogens is 1. The minimum atomic E-state index is -0.157. The van der Waals surface area contributed by atoms with Crippen molar-refractivity contribution < 1.29 is 0 Å². The second kappa shape index (κ2) is 3.13. The van der Waals surface area contributed by atoms with Crippen LogP contribution in [0.2, 0.25) is 0 Å². The fourth-order valence-corrected chi connectivity index (χ4v) is 0.487. The molecule has 0 saturated heterocycles. The van der Waals surface area contributed by atoms with Gasteiger partial charge in [0.15, 0.2) is 0 Å². The summed E-state index contributed by atoms with van der Waals surface area (Å²) in [6.45, 7) is 6.04. The number of alkyl halides is 1. The van der Waals surface area contributed by atoms with E-state index < -0.39 is 0 Å². The normalized spacial score (nSPS) is 13.0. The SMILES string of the molecule is CCC=CC(C)(C)Cl. The van der Waals surface area contributed by atoms with Crippen molar-refractivity contribution in [2.45, 2.75) is 32.1 Å². The minimum absolute atomic E-state index is 0.157. The Balaban J connectivity index is 3.52. The molecule has 0 heterocycles. The van der Waals surface area contributed by atoms with Gasteiger partial charge in [0.25, 0.3) is 0 Å². The molecule has 0 bridgehead atoms. The third-order valence-electron chi connectivity index (χ3n) is 0.750. The fourth-order valence-electron chi connectivity index (χ4n) is 0.398. The molecule has 48 valence electrons. The van der Waals surface area contributed by atoms with Crippen LogP contribution >= 0.6 is 11.6 Å². The van der Waals surface area contributed by atoms with Gasteiger partial charge in [0, 0.05) is 0 Å². The maximum atomic E-state index is 5.83. The molecule has 0 aliphatic rings. The van der Waals surface area contributed by atoms with Gasteiger partial charge in [-0.05, 0) is 20.3 Å². The van der Waals surface area contributed by atoms with Crippen molar-refractivity contribution in [1.29, 1.82) is 0 Å². The molecule has 0 aromatic rings. The van der Waals surface area contributed by atoms with E-state index in [0.717, 1.165) is 6.42 Å². The standard InChI is InChI=1S/C7H13Cl/c1-4-5-6-7(2,3)8/h5-6H,4H2,1-3H3. The Kier molecular flexibility index (Phi) is 3.15. The van der Waals surface area contributed by atoms with Crippen LogP contribution < -0.4 is 0 Å². The van der Waals surface area contributed by atoms with Crippen LogP contribution in [0.15, 0.2) is 12.2 Å². The van der Waals surface area contributed by atoms with Crippen LogP contribution in [0.1, 0.15) is 27.2 Å². The van der Waals surface area contributed by atoms with Crippen molar-refractivity contribution in [2.75, 3.05) is 0 Å². The van der Waals surface area contributed by atoms with Gasteiger partial charge in [0.05, 0.1) is 4.87 Å². The van der Waals surface area contributed by atoms with E-state index in [0.29, 0.717) is 0 Å². The summed E-state index contributed by atoms with van der Waals surface area (Å²) in [6, 6.07) is 0. The van der Waals surface area contributed by atoms with E-state index in [-0.39, 0.29) is 4.87 Å². The predicted octanol–water partition coefficient (Wildman–Crippen LogP) is 2.97. The van der Waals surface area contributed by atoms with E-state index in [1.165, 1.54) is 0 Å². The van der Waals surface area contributed by atoms with Crippen molar-refractivity contribution >= 4 is 11.6 Å². The van der Waals surface area contributed by atoms with Gasteiger partial charge < -0.3 is 0 Å². The van der Waals surface area contributed by atoms with E-state index in [9.17, 15) is 0 Å². The predicted molar refractivity (Wildman–Crippen MR) is 39.4 cm³/mol. The molecule has 8 heavy (non-hydrogen) atoms. The second-order valence-corrected chi connectivity index (χ2v) is 3.35. The zero-order chi connectivity index (χ0) is 6.62.